The molecule has 0 saturated carbocycles. The van der Waals surface area contributed by atoms with Gasteiger partial charge in [0.25, 0.3) is 5.91 Å². The molecule has 2 fully saturated rings. The summed E-state index contributed by atoms with van der Waals surface area (Å²) in [4.78, 5) is 57.9. The van der Waals surface area contributed by atoms with Gasteiger partial charge in [-0.1, -0.05) is 18.2 Å². The van der Waals surface area contributed by atoms with Gasteiger partial charge in [0, 0.05) is 0 Å². The average molecular weight is 438 g/mol. The van der Waals surface area contributed by atoms with Crippen molar-refractivity contribution in [2.24, 2.45) is 5.92 Å². The van der Waals surface area contributed by atoms with Crippen LogP contribution in [-0.4, -0.2) is 49.1 Å². The van der Waals surface area contributed by atoms with Gasteiger partial charge in [-0.3, -0.25) is 14.4 Å². The number of rotatable bonds is 6. The minimum Gasteiger partial charge on any atom is -0.464 e. The van der Waals surface area contributed by atoms with Crippen molar-refractivity contribution >= 4 is 35.1 Å². The molecule has 0 spiro atoms. The van der Waals surface area contributed by atoms with Crippen LogP contribution in [0.15, 0.2) is 54.6 Å². The van der Waals surface area contributed by atoms with E-state index in [0.717, 1.165) is 4.90 Å². The highest BCUT2D eigenvalue weighted by Crippen LogP contribution is 2.40. The topological polar surface area (TPSA) is 102 Å². The number of carbonyl (C=O) groups excluding carboxylic acids is 4. The Kier molecular flexibility index (Phi) is 5.91. The summed E-state index contributed by atoms with van der Waals surface area (Å²) in [5.74, 6) is -3.30. The van der Waals surface area contributed by atoms with Crippen LogP contribution in [0.3, 0.4) is 0 Å². The Balaban J connectivity index is 1.66. The smallest absolute Gasteiger partial charge is 0.338 e. The fourth-order valence-electron chi connectivity index (χ4n) is 3.89. The Bertz CT molecular complexity index is 1040. The number of hydrogen-bond donors (Lipinski definition) is 0. The minimum atomic E-state index is -1.16. The zero-order valence-electron chi connectivity index (χ0n) is 17.6. The van der Waals surface area contributed by atoms with Gasteiger partial charge in [0.2, 0.25) is 5.91 Å². The molecular weight excluding hydrogens is 416 g/mol. The van der Waals surface area contributed by atoms with Crippen molar-refractivity contribution in [2.45, 2.75) is 26.0 Å². The normalized spacial score (nSPS) is 22.1. The molecule has 0 radical (unpaired) electrons. The molecule has 0 aliphatic carbocycles. The van der Waals surface area contributed by atoms with Crippen LogP contribution in [0.4, 0.5) is 11.4 Å². The van der Waals surface area contributed by atoms with Gasteiger partial charge in [-0.2, -0.15) is 0 Å². The maximum absolute atomic E-state index is 13.2. The van der Waals surface area contributed by atoms with Crippen molar-refractivity contribution in [2.75, 3.05) is 23.2 Å². The zero-order chi connectivity index (χ0) is 22.8. The van der Waals surface area contributed by atoms with Gasteiger partial charge in [-0.15, -0.1) is 0 Å². The lowest BCUT2D eigenvalue weighted by Gasteiger charge is -2.27. The molecule has 2 amide bonds. The first-order chi connectivity index (χ1) is 15.5. The van der Waals surface area contributed by atoms with Crippen LogP contribution in [0.1, 0.15) is 24.2 Å². The predicted octanol–water partition coefficient (Wildman–Crippen LogP) is 2.10. The van der Waals surface area contributed by atoms with Crippen LogP contribution in [0.2, 0.25) is 0 Å². The minimum absolute atomic E-state index is 0.104. The van der Waals surface area contributed by atoms with E-state index in [9.17, 15) is 19.2 Å². The van der Waals surface area contributed by atoms with Gasteiger partial charge in [0.05, 0.1) is 30.2 Å². The molecule has 2 aromatic rings. The number of nitrogens with zero attached hydrogens (tertiary/aromatic N) is 2. The van der Waals surface area contributed by atoms with Crippen LogP contribution >= 0.6 is 0 Å². The Hall–Kier alpha value is -3.72. The van der Waals surface area contributed by atoms with E-state index < -0.39 is 41.8 Å². The summed E-state index contributed by atoms with van der Waals surface area (Å²) in [7, 11) is 0. The average Bonchev–Trinajstić information content (AvgIpc) is 3.31. The van der Waals surface area contributed by atoms with Crippen LogP contribution < -0.4 is 9.96 Å². The molecule has 166 valence electrons. The molecule has 4 rings (SSSR count). The third-order valence-corrected chi connectivity index (χ3v) is 5.29. The summed E-state index contributed by atoms with van der Waals surface area (Å²) in [5.41, 5.74) is 1.14. The van der Waals surface area contributed by atoms with Crippen molar-refractivity contribution in [1.29, 1.82) is 0 Å². The van der Waals surface area contributed by atoms with Gasteiger partial charge in [0.15, 0.2) is 12.1 Å². The van der Waals surface area contributed by atoms with Crippen LogP contribution in [0, 0.1) is 5.92 Å². The lowest BCUT2D eigenvalue weighted by Crippen LogP contribution is -2.45. The molecule has 0 bridgehead atoms. The molecule has 2 aromatic carbocycles. The van der Waals surface area contributed by atoms with Crippen molar-refractivity contribution in [3.63, 3.8) is 0 Å². The first kappa shape index (κ1) is 21.5. The van der Waals surface area contributed by atoms with Gasteiger partial charge < -0.3 is 9.47 Å². The predicted molar refractivity (Wildman–Crippen MR) is 113 cm³/mol. The van der Waals surface area contributed by atoms with Gasteiger partial charge in [-0.05, 0) is 50.2 Å². The number of amides is 2. The summed E-state index contributed by atoms with van der Waals surface area (Å²) in [6.45, 7) is 3.71. The number of anilines is 2. The molecule has 0 aromatic heterocycles. The highest BCUT2D eigenvalue weighted by Gasteiger charge is 2.62. The number of hydroxylamine groups is 1. The van der Waals surface area contributed by atoms with Crippen molar-refractivity contribution in [3.8, 4) is 0 Å². The van der Waals surface area contributed by atoms with E-state index in [2.05, 4.69) is 0 Å². The van der Waals surface area contributed by atoms with Crippen molar-refractivity contribution in [3.05, 3.63) is 60.2 Å². The maximum Gasteiger partial charge on any atom is 0.338 e. The molecule has 9 heteroatoms. The third kappa shape index (κ3) is 3.60. The molecule has 9 nitrogen and oxygen atoms in total. The lowest BCUT2D eigenvalue weighted by molar-refractivity contribution is -0.147. The number of imide groups is 1. The molecule has 2 saturated heterocycles. The lowest BCUT2D eigenvalue weighted by atomic mass is 9.96. The van der Waals surface area contributed by atoms with Crippen LogP contribution in [0.5, 0.6) is 0 Å². The largest absolute Gasteiger partial charge is 0.464 e. The zero-order valence-corrected chi connectivity index (χ0v) is 17.6. The van der Waals surface area contributed by atoms with E-state index in [1.165, 1.54) is 17.2 Å². The summed E-state index contributed by atoms with van der Waals surface area (Å²) >= 11 is 0. The standard InChI is InChI=1S/C23H22N2O7/c1-3-30-22(28)14-10-12-16(13-11-14)25-18(23(29)31-4-2)17-19(32-25)21(27)24(20(17)26)15-8-6-5-7-9-15/h5-13,17-19H,3-4H2,1-2H3/t17-,18+,19+/m0/s1. The Labute approximate surface area is 184 Å². The van der Waals surface area contributed by atoms with Gasteiger partial charge in [0.1, 0.15) is 5.92 Å². The Morgan fingerprint density at radius 1 is 0.875 bits per heavy atom. The van der Waals surface area contributed by atoms with E-state index in [0.29, 0.717) is 16.9 Å². The van der Waals surface area contributed by atoms with Crippen LogP contribution in [0.25, 0.3) is 0 Å². The molecule has 3 atom stereocenters. The van der Waals surface area contributed by atoms with E-state index in [1.807, 2.05) is 0 Å². The summed E-state index contributed by atoms with van der Waals surface area (Å²) in [6.07, 6.45) is -1.16. The summed E-state index contributed by atoms with van der Waals surface area (Å²) in [5, 5.41) is 1.22. The fourth-order valence-corrected chi connectivity index (χ4v) is 3.89. The highest BCUT2D eigenvalue weighted by atomic mass is 16.7. The first-order valence-electron chi connectivity index (χ1n) is 10.3. The molecule has 2 aliphatic heterocycles. The Morgan fingerprint density at radius 2 is 1.53 bits per heavy atom. The van der Waals surface area contributed by atoms with Gasteiger partial charge in [-0.25, -0.2) is 19.6 Å². The molecular formula is C23H22N2O7. The van der Waals surface area contributed by atoms with Gasteiger partial charge >= 0.3 is 11.9 Å². The molecule has 2 heterocycles. The summed E-state index contributed by atoms with van der Waals surface area (Å²) < 4.78 is 10.2. The van der Waals surface area contributed by atoms with E-state index in [-0.39, 0.29) is 13.2 Å². The third-order valence-electron chi connectivity index (χ3n) is 5.29. The van der Waals surface area contributed by atoms with E-state index >= 15 is 0 Å². The monoisotopic (exact) mass is 438 g/mol. The highest BCUT2D eigenvalue weighted by molar-refractivity contribution is 6.24. The molecule has 2 aliphatic rings. The quantitative estimate of drug-likeness (QED) is 0.499. The van der Waals surface area contributed by atoms with E-state index in [4.69, 9.17) is 14.3 Å². The summed E-state index contributed by atoms with van der Waals surface area (Å²) in [6, 6.07) is 13.5. The number of ether oxygens (including phenoxy) is 2. The SMILES string of the molecule is CCOC(=O)c1ccc(N2O[C@H]3C(=O)N(c4ccccc4)C(=O)[C@H]3[C@@H]2C(=O)OCC)cc1. The van der Waals surface area contributed by atoms with Crippen molar-refractivity contribution < 1.29 is 33.5 Å². The first-order valence-corrected chi connectivity index (χ1v) is 10.3. The van der Waals surface area contributed by atoms with Crippen LogP contribution in [-0.2, 0) is 28.7 Å². The van der Waals surface area contributed by atoms with Crippen molar-refractivity contribution in [1.82, 2.24) is 0 Å². The molecule has 0 unspecified atom stereocenters. The fraction of sp³-hybridized carbons (Fsp3) is 0.304. The number of esters is 2. The number of para-hydroxylation sites is 1. The van der Waals surface area contributed by atoms with E-state index in [1.54, 1.807) is 56.3 Å². The Morgan fingerprint density at radius 3 is 2.16 bits per heavy atom. The number of carbonyl (C=O) groups is 4. The molecule has 32 heavy (non-hydrogen) atoms. The number of hydrogen-bond acceptors (Lipinski definition) is 8. The molecule has 0 N–H and O–H groups in total. The number of benzene rings is 2. The maximum atomic E-state index is 13.2. The second-order valence-corrected chi connectivity index (χ2v) is 7.19. The second kappa shape index (κ2) is 8.80. The second-order valence-electron chi connectivity index (χ2n) is 7.19. The number of fused-ring (bicyclic) bond motifs is 1.